The van der Waals surface area contributed by atoms with Gasteiger partial charge in [0.2, 0.25) is 5.88 Å². The Hall–Kier alpha value is -3.53. The summed E-state index contributed by atoms with van der Waals surface area (Å²) in [6.07, 6.45) is 5.30. The number of nitrogens with one attached hydrogen (secondary N) is 2. The fraction of sp³-hybridized carbons (Fsp3) is 0.211. The Morgan fingerprint density at radius 1 is 1.38 bits per heavy atom. The maximum Gasteiger partial charge on any atom is 0.326 e. The van der Waals surface area contributed by atoms with Gasteiger partial charge in [-0.05, 0) is 38.0 Å². The van der Waals surface area contributed by atoms with Crippen molar-refractivity contribution in [2.24, 2.45) is 4.99 Å². The molecule has 4 heterocycles. The summed E-state index contributed by atoms with van der Waals surface area (Å²) in [7, 11) is 0. The lowest BCUT2D eigenvalue weighted by Crippen LogP contribution is -2.19. The van der Waals surface area contributed by atoms with E-state index in [0.29, 0.717) is 26.9 Å². The molecule has 0 aromatic carbocycles. The molecule has 4 aromatic heterocycles. The number of hydrogen-bond acceptors (Lipinski definition) is 7. The highest BCUT2D eigenvalue weighted by molar-refractivity contribution is 7.17. The van der Waals surface area contributed by atoms with Gasteiger partial charge in [0.05, 0.1) is 27.7 Å². The zero-order valence-electron chi connectivity index (χ0n) is 15.3. The number of fused-ring (bicyclic) bond motifs is 1. The number of Topliss-reactive ketones (excluding diaryl/α,β-unsaturated/α-hetero) is 1. The number of imidazole rings is 1. The third-order valence-electron chi connectivity index (χ3n) is 4.58. The van der Waals surface area contributed by atoms with Crippen molar-refractivity contribution in [3.63, 3.8) is 0 Å². The summed E-state index contributed by atoms with van der Waals surface area (Å²) < 4.78 is 1.65. The maximum absolute atomic E-state index is 11.7. The topological polar surface area (TPSA) is 128 Å². The number of rotatable bonds is 4. The summed E-state index contributed by atoms with van der Waals surface area (Å²) in [5, 5.41) is 14.9. The molecular formula is C19H16N6O3S. The molecule has 0 aliphatic heterocycles. The van der Waals surface area contributed by atoms with Crippen molar-refractivity contribution in [1.82, 2.24) is 24.6 Å². The van der Waals surface area contributed by atoms with Gasteiger partial charge in [-0.15, -0.1) is 11.3 Å². The highest BCUT2D eigenvalue weighted by atomic mass is 32.1. The molecule has 0 bridgehead atoms. The predicted octanol–water partition coefficient (Wildman–Crippen LogP) is 0.993. The van der Waals surface area contributed by atoms with Crippen LogP contribution in [0.25, 0.3) is 22.3 Å². The summed E-state index contributed by atoms with van der Waals surface area (Å²) >= 11 is 1.38. The van der Waals surface area contributed by atoms with Crippen LogP contribution in [0, 0.1) is 0 Å². The largest absolute Gasteiger partial charge is 0.493 e. The molecule has 0 spiro atoms. The predicted molar refractivity (Wildman–Crippen MR) is 107 cm³/mol. The van der Waals surface area contributed by atoms with Crippen LogP contribution in [-0.2, 0) is 0 Å². The number of nitrogens with zero attached hydrogens (tertiary/aromatic N) is 4. The van der Waals surface area contributed by atoms with Crippen LogP contribution in [0.3, 0.4) is 0 Å². The lowest BCUT2D eigenvalue weighted by Gasteiger charge is -2.00. The number of carbonyl (C=O) groups excluding carboxylic acids is 1. The second-order valence-corrected chi connectivity index (χ2v) is 7.98. The second-order valence-electron chi connectivity index (χ2n) is 6.90. The number of ketones is 1. The summed E-state index contributed by atoms with van der Waals surface area (Å²) in [5.41, 5.74) is 1.65. The number of hydrogen-bond donors (Lipinski definition) is 3. The highest BCUT2D eigenvalue weighted by Crippen LogP contribution is 2.27. The zero-order valence-corrected chi connectivity index (χ0v) is 16.2. The van der Waals surface area contributed by atoms with E-state index in [4.69, 9.17) is 9.98 Å². The zero-order chi connectivity index (χ0) is 20.1. The molecule has 5 rings (SSSR count). The molecule has 1 aliphatic rings. The number of aromatic hydroxyl groups is 1. The van der Waals surface area contributed by atoms with Gasteiger partial charge in [0, 0.05) is 11.3 Å². The standard InChI is InChI=1S/C19H16N6O3S/c1-9(26)14-4-5-15(29-14)12-7-16(21-11-2-3-11)25-17(22-12)10(8-20-25)6-13-18(27)24-19(28)23-13/h4-8,11,27H,2-3H2,1H3,(H2,23,24,28). The smallest absolute Gasteiger partial charge is 0.326 e. The van der Waals surface area contributed by atoms with E-state index in [1.807, 2.05) is 12.1 Å². The molecule has 146 valence electrons. The van der Waals surface area contributed by atoms with Crippen LogP contribution >= 0.6 is 11.3 Å². The van der Waals surface area contributed by atoms with Crippen LogP contribution < -0.4 is 16.4 Å². The number of aromatic amines is 2. The van der Waals surface area contributed by atoms with Crippen molar-refractivity contribution < 1.29 is 9.90 Å². The average Bonchev–Trinajstić information content (AvgIpc) is 3.08. The van der Waals surface area contributed by atoms with Crippen LogP contribution in [0.15, 0.2) is 34.2 Å². The minimum atomic E-state index is -0.501. The van der Waals surface area contributed by atoms with E-state index in [1.54, 1.807) is 22.9 Å². The molecule has 1 aliphatic carbocycles. The van der Waals surface area contributed by atoms with Crippen molar-refractivity contribution in [2.75, 3.05) is 0 Å². The molecule has 0 saturated heterocycles. The molecule has 0 atom stereocenters. The summed E-state index contributed by atoms with van der Waals surface area (Å²) in [6.45, 7) is 1.54. The number of thiophene rings is 1. The van der Waals surface area contributed by atoms with Crippen LogP contribution in [0.4, 0.5) is 0 Å². The number of carbonyl (C=O) groups is 1. The van der Waals surface area contributed by atoms with Crippen LogP contribution in [0.5, 0.6) is 5.88 Å². The highest BCUT2D eigenvalue weighted by Gasteiger charge is 2.20. The lowest BCUT2D eigenvalue weighted by atomic mass is 10.3. The Balaban J connectivity index is 1.75. The SMILES string of the molecule is CC(=O)c1ccc(-c2cc(=NC3CC3)n3ncc(=Cc4[nH]c(=O)[nH]c4O)c3n2)s1. The lowest BCUT2D eigenvalue weighted by molar-refractivity contribution is 0.102. The Morgan fingerprint density at radius 3 is 2.86 bits per heavy atom. The van der Waals surface area contributed by atoms with Gasteiger partial charge in [-0.25, -0.2) is 9.78 Å². The first-order chi connectivity index (χ1) is 14.0. The minimum Gasteiger partial charge on any atom is -0.493 e. The van der Waals surface area contributed by atoms with Gasteiger partial charge in [0.25, 0.3) is 0 Å². The van der Waals surface area contributed by atoms with E-state index >= 15 is 0 Å². The molecule has 10 heteroatoms. The molecule has 3 N–H and O–H groups in total. The summed E-state index contributed by atoms with van der Waals surface area (Å²) in [5.74, 6) is -0.242. The normalized spacial score (nSPS) is 15.5. The van der Waals surface area contributed by atoms with Gasteiger partial charge >= 0.3 is 5.69 Å². The Morgan fingerprint density at radius 2 is 2.21 bits per heavy atom. The van der Waals surface area contributed by atoms with Crippen molar-refractivity contribution >= 4 is 28.8 Å². The maximum atomic E-state index is 11.7. The van der Waals surface area contributed by atoms with E-state index < -0.39 is 5.69 Å². The van der Waals surface area contributed by atoms with Gasteiger partial charge in [-0.1, -0.05) is 0 Å². The van der Waals surface area contributed by atoms with Crippen molar-refractivity contribution in [2.45, 2.75) is 25.8 Å². The van der Waals surface area contributed by atoms with Crippen molar-refractivity contribution in [3.8, 4) is 16.5 Å². The van der Waals surface area contributed by atoms with Gasteiger partial charge in [-0.2, -0.15) is 9.61 Å². The van der Waals surface area contributed by atoms with Crippen LogP contribution in [0.2, 0.25) is 0 Å². The summed E-state index contributed by atoms with van der Waals surface area (Å²) in [6, 6.07) is 5.81. The Labute approximate surface area is 167 Å². The van der Waals surface area contributed by atoms with Crippen LogP contribution in [-0.4, -0.2) is 41.5 Å². The number of H-pyrrole nitrogens is 2. The first-order valence-corrected chi connectivity index (χ1v) is 9.86. The molecule has 0 amide bonds. The van der Waals surface area contributed by atoms with Gasteiger partial charge in [0.15, 0.2) is 16.9 Å². The van der Waals surface area contributed by atoms with Gasteiger partial charge < -0.3 is 10.1 Å². The molecule has 4 aromatic rings. The molecular weight excluding hydrogens is 392 g/mol. The first-order valence-electron chi connectivity index (χ1n) is 9.05. The molecule has 1 saturated carbocycles. The van der Waals surface area contributed by atoms with E-state index in [1.165, 1.54) is 18.3 Å². The molecule has 0 unspecified atom stereocenters. The van der Waals surface area contributed by atoms with E-state index in [2.05, 4.69) is 15.1 Å². The Kier molecular flexibility index (Phi) is 3.95. The molecule has 1 fully saturated rings. The molecule has 0 radical (unpaired) electrons. The van der Waals surface area contributed by atoms with Crippen molar-refractivity contribution in [3.05, 3.63) is 56.2 Å². The monoisotopic (exact) mass is 408 g/mol. The first kappa shape index (κ1) is 17.6. The van der Waals surface area contributed by atoms with Crippen molar-refractivity contribution in [1.29, 1.82) is 0 Å². The van der Waals surface area contributed by atoms with Crippen LogP contribution in [0.1, 0.15) is 35.1 Å². The van der Waals surface area contributed by atoms with Gasteiger partial charge in [0.1, 0.15) is 5.69 Å². The fourth-order valence-electron chi connectivity index (χ4n) is 2.99. The van der Waals surface area contributed by atoms with E-state index in [-0.39, 0.29) is 23.4 Å². The average molecular weight is 408 g/mol. The quantitative estimate of drug-likeness (QED) is 0.434. The van der Waals surface area contributed by atoms with Gasteiger partial charge in [-0.3, -0.25) is 14.8 Å². The Bertz CT molecular complexity index is 1440. The molecule has 9 nitrogen and oxygen atoms in total. The second kappa shape index (κ2) is 6.52. The summed E-state index contributed by atoms with van der Waals surface area (Å²) in [4.78, 5) is 38.9. The third-order valence-corrected chi connectivity index (χ3v) is 5.79. The van der Waals surface area contributed by atoms with E-state index in [0.717, 1.165) is 17.7 Å². The molecule has 29 heavy (non-hydrogen) atoms. The van der Waals surface area contributed by atoms with E-state index in [9.17, 15) is 14.7 Å². The number of aromatic nitrogens is 5. The third kappa shape index (κ3) is 3.27. The minimum absolute atomic E-state index is 0.00971. The fourth-order valence-corrected chi connectivity index (χ4v) is 3.85.